The lowest BCUT2D eigenvalue weighted by Crippen LogP contribution is -2.38. The van der Waals surface area contributed by atoms with Crippen LogP contribution in [-0.4, -0.2) is 39.9 Å². The number of aryl methyl sites for hydroxylation is 2. The third kappa shape index (κ3) is 3.58. The van der Waals surface area contributed by atoms with Crippen LogP contribution >= 0.6 is 0 Å². The molecule has 112 valence electrons. The van der Waals surface area contributed by atoms with Gasteiger partial charge < -0.3 is 9.84 Å². The third-order valence-electron chi connectivity index (χ3n) is 3.55. The van der Waals surface area contributed by atoms with Gasteiger partial charge >= 0.3 is 0 Å². The van der Waals surface area contributed by atoms with Gasteiger partial charge in [0, 0.05) is 19.8 Å². The Balaban J connectivity index is 2.17. The molecule has 0 saturated heterocycles. The molecule has 1 unspecified atom stereocenters. The molecule has 2 N–H and O–H groups in total. The van der Waals surface area contributed by atoms with Crippen molar-refractivity contribution >= 4 is 10.0 Å². The quantitative estimate of drug-likeness (QED) is 0.783. The van der Waals surface area contributed by atoms with Crippen LogP contribution in [0.1, 0.15) is 24.0 Å². The Morgan fingerprint density at radius 2 is 2.10 bits per heavy atom. The molecule has 6 heteroatoms. The van der Waals surface area contributed by atoms with Gasteiger partial charge in [0.25, 0.3) is 0 Å². The molecule has 1 aromatic carbocycles. The zero-order chi connectivity index (χ0) is 14.6. The Bertz CT molecular complexity index is 550. The van der Waals surface area contributed by atoms with Crippen LogP contribution in [0.25, 0.3) is 0 Å². The molecular formula is C14H21NO4S. The highest BCUT2D eigenvalue weighted by molar-refractivity contribution is 7.89. The number of methoxy groups -OCH3 is 1. The van der Waals surface area contributed by atoms with E-state index in [9.17, 15) is 8.42 Å². The van der Waals surface area contributed by atoms with Crippen molar-refractivity contribution in [2.75, 3.05) is 20.3 Å². The first kappa shape index (κ1) is 15.4. The van der Waals surface area contributed by atoms with Crippen molar-refractivity contribution in [3.8, 4) is 0 Å². The second kappa shape index (κ2) is 6.67. The Kier molecular flexibility index (Phi) is 5.15. The van der Waals surface area contributed by atoms with E-state index in [0.29, 0.717) is 6.42 Å². The number of benzene rings is 1. The summed E-state index contributed by atoms with van der Waals surface area (Å²) >= 11 is 0. The minimum Gasteiger partial charge on any atom is -0.396 e. The number of sulfonamides is 1. The standard InChI is InChI=1S/C14H21NO4S/c1-19-10-13(7-8-16)15-20(17,18)14-6-5-11-3-2-4-12(11)9-14/h5-6,9,13,15-16H,2-4,7-8,10H2,1H3. The molecule has 0 amide bonds. The first-order valence-electron chi connectivity index (χ1n) is 6.81. The van der Waals surface area contributed by atoms with Crippen molar-refractivity contribution < 1.29 is 18.3 Å². The van der Waals surface area contributed by atoms with Crippen LogP contribution in [-0.2, 0) is 27.6 Å². The predicted octanol–water partition coefficient (Wildman–Crippen LogP) is 0.851. The Morgan fingerprint density at radius 3 is 2.80 bits per heavy atom. The van der Waals surface area contributed by atoms with Crippen LogP contribution < -0.4 is 4.72 Å². The smallest absolute Gasteiger partial charge is 0.240 e. The van der Waals surface area contributed by atoms with E-state index in [2.05, 4.69) is 4.72 Å². The summed E-state index contributed by atoms with van der Waals surface area (Å²) in [6.45, 7) is 0.158. The number of rotatable bonds is 7. The summed E-state index contributed by atoms with van der Waals surface area (Å²) in [6, 6.07) is 4.89. The van der Waals surface area contributed by atoms with Gasteiger partial charge in [-0.25, -0.2) is 13.1 Å². The third-order valence-corrected chi connectivity index (χ3v) is 5.07. The van der Waals surface area contributed by atoms with E-state index in [1.165, 1.54) is 12.7 Å². The molecule has 2 rings (SSSR count). The topological polar surface area (TPSA) is 75.6 Å². The molecule has 0 saturated carbocycles. The molecule has 0 aromatic heterocycles. The number of ether oxygens (including phenoxy) is 1. The fraction of sp³-hybridized carbons (Fsp3) is 0.571. The second-order valence-corrected chi connectivity index (χ2v) is 6.78. The van der Waals surface area contributed by atoms with E-state index < -0.39 is 16.1 Å². The Labute approximate surface area is 120 Å². The van der Waals surface area contributed by atoms with Gasteiger partial charge in [-0.05, 0) is 48.9 Å². The highest BCUT2D eigenvalue weighted by Crippen LogP contribution is 2.24. The summed E-state index contributed by atoms with van der Waals surface area (Å²) in [4.78, 5) is 0.289. The van der Waals surface area contributed by atoms with Crippen LogP contribution in [0.4, 0.5) is 0 Å². The van der Waals surface area contributed by atoms with Gasteiger partial charge in [-0.1, -0.05) is 6.07 Å². The van der Waals surface area contributed by atoms with E-state index in [1.54, 1.807) is 12.1 Å². The van der Waals surface area contributed by atoms with Crippen LogP contribution in [0.5, 0.6) is 0 Å². The molecule has 1 atom stereocenters. The van der Waals surface area contributed by atoms with Crippen molar-refractivity contribution in [3.05, 3.63) is 29.3 Å². The van der Waals surface area contributed by atoms with E-state index in [0.717, 1.165) is 24.8 Å². The number of fused-ring (bicyclic) bond motifs is 1. The fourth-order valence-electron chi connectivity index (χ4n) is 2.54. The largest absolute Gasteiger partial charge is 0.396 e. The van der Waals surface area contributed by atoms with Gasteiger partial charge in [0.2, 0.25) is 10.0 Å². The Morgan fingerprint density at radius 1 is 1.35 bits per heavy atom. The number of nitrogens with one attached hydrogen (secondary N) is 1. The van der Waals surface area contributed by atoms with E-state index >= 15 is 0 Å². The van der Waals surface area contributed by atoms with Crippen molar-refractivity contribution in [2.45, 2.75) is 36.6 Å². The predicted molar refractivity (Wildman–Crippen MR) is 76.2 cm³/mol. The first-order valence-corrected chi connectivity index (χ1v) is 8.29. The lowest BCUT2D eigenvalue weighted by atomic mass is 10.1. The lowest BCUT2D eigenvalue weighted by molar-refractivity contribution is 0.158. The number of hydrogen-bond acceptors (Lipinski definition) is 4. The minimum absolute atomic E-state index is 0.0826. The van der Waals surface area contributed by atoms with Crippen molar-refractivity contribution in [1.82, 2.24) is 4.72 Å². The summed E-state index contributed by atoms with van der Waals surface area (Å²) in [5, 5.41) is 8.97. The molecule has 0 fully saturated rings. The van der Waals surface area contributed by atoms with Gasteiger partial charge in [0.05, 0.1) is 11.5 Å². The molecule has 0 bridgehead atoms. The summed E-state index contributed by atoms with van der Waals surface area (Å²) in [5.41, 5.74) is 2.37. The average molecular weight is 299 g/mol. The van der Waals surface area contributed by atoms with Gasteiger partial charge in [-0.3, -0.25) is 0 Å². The molecule has 0 radical (unpaired) electrons. The number of aliphatic hydroxyl groups excluding tert-OH is 1. The van der Waals surface area contributed by atoms with Crippen LogP contribution in [0.15, 0.2) is 23.1 Å². The average Bonchev–Trinajstić information content (AvgIpc) is 2.86. The maximum atomic E-state index is 12.3. The normalized spacial score (nSPS) is 16.1. The number of aliphatic hydroxyl groups is 1. The van der Waals surface area contributed by atoms with Gasteiger partial charge in [-0.2, -0.15) is 0 Å². The van der Waals surface area contributed by atoms with E-state index in [-0.39, 0.29) is 18.1 Å². The van der Waals surface area contributed by atoms with Crippen molar-refractivity contribution in [3.63, 3.8) is 0 Å². The molecule has 20 heavy (non-hydrogen) atoms. The highest BCUT2D eigenvalue weighted by Gasteiger charge is 2.22. The van der Waals surface area contributed by atoms with Gasteiger partial charge in [0.1, 0.15) is 0 Å². The minimum atomic E-state index is -3.57. The summed E-state index contributed by atoms with van der Waals surface area (Å²) in [7, 11) is -2.06. The van der Waals surface area contributed by atoms with E-state index in [4.69, 9.17) is 9.84 Å². The van der Waals surface area contributed by atoms with Crippen LogP contribution in [0.2, 0.25) is 0 Å². The summed E-state index contributed by atoms with van der Waals surface area (Å²) in [5.74, 6) is 0. The molecule has 5 nitrogen and oxygen atoms in total. The molecule has 0 spiro atoms. The summed E-state index contributed by atoms with van der Waals surface area (Å²) < 4.78 is 32.3. The van der Waals surface area contributed by atoms with Gasteiger partial charge in [0.15, 0.2) is 0 Å². The molecule has 1 aliphatic rings. The Hall–Kier alpha value is -0.950. The molecular weight excluding hydrogens is 278 g/mol. The van der Waals surface area contributed by atoms with Crippen molar-refractivity contribution in [2.24, 2.45) is 0 Å². The summed E-state index contributed by atoms with van der Waals surface area (Å²) in [6.07, 6.45) is 3.39. The second-order valence-electron chi connectivity index (χ2n) is 5.07. The van der Waals surface area contributed by atoms with E-state index in [1.807, 2.05) is 6.07 Å². The van der Waals surface area contributed by atoms with Crippen LogP contribution in [0.3, 0.4) is 0 Å². The maximum Gasteiger partial charge on any atom is 0.240 e. The first-order chi connectivity index (χ1) is 9.56. The molecule has 0 aliphatic heterocycles. The van der Waals surface area contributed by atoms with Crippen LogP contribution in [0, 0.1) is 0 Å². The molecule has 0 heterocycles. The van der Waals surface area contributed by atoms with Crippen molar-refractivity contribution in [1.29, 1.82) is 0 Å². The fourth-order valence-corrected chi connectivity index (χ4v) is 3.84. The van der Waals surface area contributed by atoms with Gasteiger partial charge in [-0.15, -0.1) is 0 Å². The molecule has 1 aliphatic carbocycles. The highest BCUT2D eigenvalue weighted by atomic mass is 32.2. The number of hydrogen-bond donors (Lipinski definition) is 2. The SMILES string of the molecule is COCC(CCO)NS(=O)(=O)c1ccc2c(c1)CCC2. The zero-order valence-electron chi connectivity index (χ0n) is 11.6. The zero-order valence-corrected chi connectivity index (χ0v) is 12.4. The maximum absolute atomic E-state index is 12.3. The molecule has 1 aromatic rings. The lowest BCUT2D eigenvalue weighted by Gasteiger charge is -2.17. The monoisotopic (exact) mass is 299 g/mol.